The van der Waals surface area contributed by atoms with Gasteiger partial charge in [-0.1, -0.05) is 30.3 Å². The van der Waals surface area contributed by atoms with Crippen LogP contribution in [-0.2, 0) is 13.1 Å². The lowest BCUT2D eigenvalue weighted by Crippen LogP contribution is -2.30. The van der Waals surface area contributed by atoms with Crippen LogP contribution in [0.5, 0.6) is 5.75 Å². The van der Waals surface area contributed by atoms with Crippen molar-refractivity contribution in [3.05, 3.63) is 94.5 Å². The zero-order chi connectivity index (χ0) is 23.4. The number of pyridine rings is 1. The second-order valence-electron chi connectivity index (χ2n) is 7.38. The van der Waals surface area contributed by atoms with Crippen molar-refractivity contribution in [2.45, 2.75) is 19.7 Å². The maximum atomic E-state index is 12.6. The minimum atomic E-state index is -2.88. The third-order valence-electron chi connectivity index (χ3n) is 4.91. The summed E-state index contributed by atoms with van der Waals surface area (Å²) < 4.78 is 31.7. The molecule has 0 bridgehead atoms. The Morgan fingerprint density at radius 2 is 1.88 bits per heavy atom. The molecule has 2 heterocycles. The number of hydrogen-bond donors (Lipinski definition) is 1. The smallest absolute Gasteiger partial charge is 0.387 e. The van der Waals surface area contributed by atoms with Crippen LogP contribution in [-0.4, -0.2) is 38.8 Å². The highest BCUT2D eigenvalue weighted by Crippen LogP contribution is 2.17. The predicted molar refractivity (Wildman–Crippen MR) is 119 cm³/mol. The van der Waals surface area contributed by atoms with E-state index >= 15 is 0 Å². The van der Waals surface area contributed by atoms with E-state index < -0.39 is 6.61 Å². The summed E-state index contributed by atoms with van der Waals surface area (Å²) in [6.45, 7) is -2.35. The highest BCUT2D eigenvalue weighted by Gasteiger charge is 2.12. The van der Waals surface area contributed by atoms with E-state index in [9.17, 15) is 18.4 Å². The van der Waals surface area contributed by atoms with Gasteiger partial charge >= 0.3 is 18.3 Å². The van der Waals surface area contributed by atoms with Crippen molar-refractivity contribution in [2.24, 2.45) is 0 Å². The number of rotatable bonds is 7. The predicted octanol–water partition coefficient (Wildman–Crippen LogP) is 3.81. The lowest BCUT2D eigenvalue weighted by atomic mass is 10.2. The molecule has 4 rings (SSSR count). The maximum absolute atomic E-state index is 12.6. The maximum Gasteiger partial charge on any atom is 0.387 e. The van der Waals surface area contributed by atoms with E-state index in [-0.39, 0.29) is 30.6 Å². The quantitative estimate of drug-likeness (QED) is 0.462. The summed E-state index contributed by atoms with van der Waals surface area (Å²) in [4.78, 5) is 26.5. The number of hydrogen-bond acceptors (Lipinski definition) is 4. The number of fused-ring (bicyclic) bond motifs is 1. The van der Waals surface area contributed by atoms with Crippen LogP contribution in [0.2, 0.25) is 0 Å². The number of anilines is 1. The van der Waals surface area contributed by atoms with Crippen LogP contribution in [0.15, 0.2) is 77.7 Å². The lowest BCUT2D eigenvalue weighted by Gasteiger charge is -2.18. The van der Waals surface area contributed by atoms with Crippen molar-refractivity contribution in [1.82, 2.24) is 19.1 Å². The van der Waals surface area contributed by atoms with Crippen LogP contribution in [0, 0.1) is 0 Å². The first-order chi connectivity index (χ1) is 15.9. The van der Waals surface area contributed by atoms with Gasteiger partial charge in [0.1, 0.15) is 5.75 Å². The molecule has 170 valence electrons. The van der Waals surface area contributed by atoms with Gasteiger partial charge in [-0.2, -0.15) is 8.78 Å². The molecule has 0 aliphatic heterocycles. The monoisotopic (exact) mass is 453 g/mol. The van der Waals surface area contributed by atoms with Gasteiger partial charge in [-0.15, -0.1) is 5.10 Å². The molecular formula is C23H21F2N5O3. The van der Waals surface area contributed by atoms with E-state index in [4.69, 9.17) is 0 Å². The highest BCUT2D eigenvalue weighted by atomic mass is 19.3. The molecule has 0 unspecified atom stereocenters. The number of amides is 2. The number of halogens is 2. The fourth-order valence-electron chi connectivity index (χ4n) is 3.33. The molecule has 0 saturated heterocycles. The van der Waals surface area contributed by atoms with Gasteiger partial charge in [-0.05, 0) is 47.5 Å². The van der Waals surface area contributed by atoms with Gasteiger partial charge in [0, 0.05) is 25.5 Å². The average molecular weight is 453 g/mol. The molecule has 2 aromatic carbocycles. The van der Waals surface area contributed by atoms with Crippen LogP contribution < -0.4 is 15.7 Å². The van der Waals surface area contributed by atoms with Gasteiger partial charge < -0.3 is 15.0 Å². The summed E-state index contributed by atoms with van der Waals surface area (Å²) in [6.07, 6.45) is 1.66. The average Bonchev–Trinajstić information content (AvgIpc) is 3.10. The van der Waals surface area contributed by atoms with Crippen molar-refractivity contribution in [1.29, 1.82) is 0 Å². The minimum absolute atomic E-state index is 0.0578. The van der Waals surface area contributed by atoms with E-state index in [0.717, 1.165) is 11.1 Å². The molecule has 10 heteroatoms. The second-order valence-corrected chi connectivity index (χ2v) is 7.38. The minimum Gasteiger partial charge on any atom is -0.435 e. The Hall–Kier alpha value is -4.21. The van der Waals surface area contributed by atoms with E-state index in [1.54, 1.807) is 55.7 Å². The van der Waals surface area contributed by atoms with Crippen molar-refractivity contribution >= 4 is 17.4 Å². The fraction of sp³-hybridized carbons (Fsp3) is 0.174. The number of urea groups is 1. The van der Waals surface area contributed by atoms with Crippen LogP contribution in [0.25, 0.3) is 5.65 Å². The van der Waals surface area contributed by atoms with Crippen LogP contribution in [0.4, 0.5) is 19.3 Å². The molecule has 0 atom stereocenters. The van der Waals surface area contributed by atoms with Gasteiger partial charge in [-0.25, -0.2) is 14.3 Å². The SMILES string of the molecule is CN(Cc1ccc(OC(F)F)cc1)C(=O)Nc1cccc(Cn2nc3ccccn3c2=O)c1. The molecule has 0 radical (unpaired) electrons. The second kappa shape index (κ2) is 9.51. The summed E-state index contributed by atoms with van der Waals surface area (Å²) in [7, 11) is 1.62. The Morgan fingerprint density at radius 3 is 2.61 bits per heavy atom. The standard InChI is InChI=1S/C23H21F2N5O3/c1-28(14-16-8-10-19(11-9-16)33-21(24)25)22(31)26-18-6-4-5-17(13-18)15-30-23(32)29-12-3-2-7-20(29)27-30/h2-13,21H,14-15H2,1H3,(H,26,31). The zero-order valence-electron chi connectivity index (χ0n) is 17.7. The summed E-state index contributed by atoms with van der Waals surface area (Å²) in [6, 6.07) is 18.2. The number of aromatic nitrogens is 3. The lowest BCUT2D eigenvalue weighted by molar-refractivity contribution is -0.0498. The van der Waals surface area contributed by atoms with Crippen LogP contribution in [0.3, 0.4) is 0 Å². The van der Waals surface area contributed by atoms with Gasteiger partial charge in [-0.3, -0.25) is 4.40 Å². The number of ether oxygens (including phenoxy) is 1. The molecule has 4 aromatic rings. The number of alkyl halides is 2. The Balaban J connectivity index is 1.39. The molecule has 0 aliphatic carbocycles. The molecule has 0 fully saturated rings. The molecule has 1 N–H and O–H groups in total. The first-order valence-electron chi connectivity index (χ1n) is 10.1. The third kappa shape index (κ3) is 5.35. The summed E-state index contributed by atoms with van der Waals surface area (Å²) >= 11 is 0. The van der Waals surface area contributed by atoms with Gasteiger partial charge in [0.05, 0.1) is 6.54 Å². The van der Waals surface area contributed by atoms with Crippen LogP contribution >= 0.6 is 0 Å². The van der Waals surface area contributed by atoms with E-state index in [1.165, 1.54) is 26.1 Å². The highest BCUT2D eigenvalue weighted by molar-refractivity contribution is 5.89. The molecule has 0 spiro atoms. The molecule has 2 amide bonds. The van der Waals surface area contributed by atoms with Crippen molar-refractivity contribution in [2.75, 3.05) is 12.4 Å². The molecule has 0 aliphatic rings. The largest absolute Gasteiger partial charge is 0.435 e. The van der Waals surface area contributed by atoms with Crippen molar-refractivity contribution < 1.29 is 18.3 Å². The molecule has 33 heavy (non-hydrogen) atoms. The number of benzene rings is 2. The Morgan fingerprint density at radius 1 is 1.09 bits per heavy atom. The Bertz CT molecular complexity index is 1320. The molecule has 0 saturated carbocycles. The normalized spacial score (nSPS) is 11.0. The number of carbonyl (C=O) groups excluding carboxylic acids is 1. The Labute approximate surface area is 187 Å². The third-order valence-corrected chi connectivity index (χ3v) is 4.91. The first-order valence-corrected chi connectivity index (χ1v) is 10.1. The Kier molecular flexibility index (Phi) is 6.34. The number of nitrogens with one attached hydrogen (secondary N) is 1. The molecule has 8 nitrogen and oxygen atoms in total. The summed E-state index contributed by atoms with van der Waals surface area (Å²) in [5, 5.41) is 7.13. The van der Waals surface area contributed by atoms with Crippen LogP contribution in [0.1, 0.15) is 11.1 Å². The van der Waals surface area contributed by atoms with Gasteiger partial charge in [0.15, 0.2) is 5.65 Å². The zero-order valence-corrected chi connectivity index (χ0v) is 17.7. The molecular weight excluding hydrogens is 432 g/mol. The number of carbonyl (C=O) groups is 1. The van der Waals surface area contributed by atoms with Crippen molar-refractivity contribution in [3.63, 3.8) is 0 Å². The van der Waals surface area contributed by atoms with Gasteiger partial charge in [0.25, 0.3) is 0 Å². The molecule has 2 aromatic heterocycles. The summed E-state index contributed by atoms with van der Waals surface area (Å²) in [5.74, 6) is 0.0578. The van der Waals surface area contributed by atoms with E-state index in [2.05, 4.69) is 15.2 Å². The van der Waals surface area contributed by atoms with Crippen molar-refractivity contribution in [3.8, 4) is 5.75 Å². The first kappa shape index (κ1) is 22.0. The number of nitrogens with zero attached hydrogens (tertiary/aromatic N) is 4. The summed E-state index contributed by atoms with van der Waals surface area (Å²) in [5.41, 5.74) is 2.44. The van der Waals surface area contributed by atoms with E-state index in [1.807, 2.05) is 12.1 Å². The fourth-order valence-corrected chi connectivity index (χ4v) is 3.33. The van der Waals surface area contributed by atoms with E-state index in [0.29, 0.717) is 11.3 Å². The topological polar surface area (TPSA) is 80.9 Å². The van der Waals surface area contributed by atoms with Gasteiger partial charge in [0.2, 0.25) is 0 Å².